The van der Waals surface area contributed by atoms with Crippen LogP contribution in [0.1, 0.15) is 67.6 Å². The fourth-order valence-electron chi connectivity index (χ4n) is 3.50. The number of nitrogens with zero attached hydrogens (tertiary/aromatic N) is 3. The van der Waals surface area contributed by atoms with Crippen LogP contribution < -0.4 is 0 Å². The Balaban J connectivity index is 1.91. The number of piperazine rings is 1. The highest BCUT2D eigenvalue weighted by molar-refractivity contribution is 5.92. The quantitative estimate of drug-likeness (QED) is 0.399. The van der Waals surface area contributed by atoms with Crippen molar-refractivity contribution < 1.29 is 23.8 Å². The van der Waals surface area contributed by atoms with Crippen LogP contribution in [-0.4, -0.2) is 78.3 Å². The maximum absolute atomic E-state index is 12.2. The van der Waals surface area contributed by atoms with E-state index in [1.54, 1.807) is 26.0 Å². The van der Waals surface area contributed by atoms with Crippen molar-refractivity contribution in [2.24, 2.45) is 0 Å². The third-order valence-electron chi connectivity index (χ3n) is 4.94. The summed E-state index contributed by atoms with van der Waals surface area (Å²) in [6.45, 7) is 18.7. The zero-order valence-electron chi connectivity index (χ0n) is 20.1. The summed E-state index contributed by atoms with van der Waals surface area (Å²) < 4.78 is 16.0. The van der Waals surface area contributed by atoms with Gasteiger partial charge in [-0.3, -0.25) is 4.90 Å². The van der Waals surface area contributed by atoms with Crippen LogP contribution in [0.5, 0.6) is 0 Å². The molecule has 32 heavy (non-hydrogen) atoms. The molecular weight excluding hydrogens is 410 g/mol. The van der Waals surface area contributed by atoms with Gasteiger partial charge >= 0.3 is 11.9 Å². The van der Waals surface area contributed by atoms with Crippen molar-refractivity contribution in [3.05, 3.63) is 41.5 Å². The summed E-state index contributed by atoms with van der Waals surface area (Å²) >= 11 is 0. The van der Waals surface area contributed by atoms with E-state index >= 15 is 0 Å². The average Bonchev–Trinajstić information content (AvgIpc) is 2.73. The summed E-state index contributed by atoms with van der Waals surface area (Å²) in [7, 11) is 0. The van der Waals surface area contributed by atoms with Gasteiger partial charge in [-0.2, -0.15) is 0 Å². The Labute approximate surface area is 191 Å². The molecule has 1 aromatic heterocycles. The molecule has 0 atom stereocenters. The minimum absolute atomic E-state index is 0.137. The molecule has 2 rings (SSSR count). The third-order valence-corrected chi connectivity index (χ3v) is 4.94. The summed E-state index contributed by atoms with van der Waals surface area (Å²) in [6, 6.07) is 3.40. The van der Waals surface area contributed by atoms with Gasteiger partial charge in [0.05, 0.1) is 13.2 Å². The molecule has 2 heterocycles. The third kappa shape index (κ3) is 8.15. The average molecular weight is 448 g/mol. The number of esters is 2. The highest BCUT2D eigenvalue weighted by Crippen LogP contribution is 2.18. The maximum atomic E-state index is 12.2. The molecule has 1 aliphatic rings. The van der Waals surface area contributed by atoms with Crippen LogP contribution in [0.2, 0.25) is 0 Å². The molecule has 1 saturated heterocycles. The molecule has 0 bridgehead atoms. The van der Waals surface area contributed by atoms with Crippen molar-refractivity contribution in [1.29, 1.82) is 0 Å². The Kier molecular flexibility index (Phi) is 9.50. The first-order chi connectivity index (χ1) is 15.1. The first-order valence-corrected chi connectivity index (χ1v) is 11.3. The van der Waals surface area contributed by atoms with Crippen molar-refractivity contribution in [2.45, 2.75) is 53.1 Å². The first-order valence-electron chi connectivity index (χ1n) is 11.3. The molecule has 1 aliphatic heterocycles. The van der Waals surface area contributed by atoms with Gasteiger partial charge in [-0.15, -0.1) is 0 Å². The van der Waals surface area contributed by atoms with Crippen LogP contribution in [0.3, 0.4) is 0 Å². The summed E-state index contributed by atoms with van der Waals surface area (Å²) in [4.78, 5) is 33.0. The number of carbonyl (C=O) groups excluding carboxylic acids is 2. The molecule has 0 aromatic carbocycles. The predicted octanol–water partition coefficient (Wildman–Crippen LogP) is 3.27. The minimum Gasteiger partial charge on any atom is -0.474 e. The fourth-order valence-corrected chi connectivity index (χ4v) is 3.50. The lowest BCUT2D eigenvalue weighted by Crippen LogP contribution is -2.47. The molecule has 1 fully saturated rings. The van der Waals surface area contributed by atoms with Gasteiger partial charge in [0.25, 0.3) is 0 Å². The molecule has 0 saturated carbocycles. The fraction of sp³-hybridized carbons (Fsp3) is 0.625. The van der Waals surface area contributed by atoms with Crippen molar-refractivity contribution in [2.75, 3.05) is 45.9 Å². The molecule has 1 aromatic rings. The zero-order valence-corrected chi connectivity index (χ0v) is 20.1. The highest BCUT2D eigenvalue weighted by atomic mass is 16.5. The van der Waals surface area contributed by atoms with Gasteiger partial charge in [-0.1, -0.05) is 0 Å². The lowest BCUT2D eigenvalue weighted by molar-refractivity contribution is -0.00970. The molecule has 8 nitrogen and oxygen atoms in total. The number of pyridine rings is 1. The van der Waals surface area contributed by atoms with Crippen LogP contribution in [0.15, 0.2) is 24.6 Å². The minimum atomic E-state index is -0.534. The molecule has 0 spiro atoms. The Hall–Kier alpha value is -2.61. The van der Waals surface area contributed by atoms with Gasteiger partial charge in [0.15, 0.2) is 5.88 Å². The van der Waals surface area contributed by atoms with Crippen LogP contribution >= 0.6 is 0 Å². The van der Waals surface area contributed by atoms with Gasteiger partial charge in [-0.05, 0) is 78.3 Å². The van der Waals surface area contributed by atoms with E-state index in [9.17, 15) is 9.59 Å². The van der Waals surface area contributed by atoms with Gasteiger partial charge in [0.2, 0.25) is 0 Å². The summed E-state index contributed by atoms with van der Waals surface area (Å²) in [5, 5.41) is 0. The van der Waals surface area contributed by atoms with Gasteiger partial charge in [0.1, 0.15) is 17.0 Å². The standard InChI is InChI=1S/C24H37N3O5/c1-7-30-22(28)20-16-19(17-21(25-20)23(29)31-8-2)10-9-11-26-12-14-27(15-13-26)18(3)32-24(4,5)6/h16-17H,3,7-15H2,1-2,4-6H3. The van der Waals surface area contributed by atoms with E-state index in [4.69, 9.17) is 14.2 Å². The Morgan fingerprint density at radius 2 is 1.53 bits per heavy atom. The number of aromatic nitrogens is 1. The number of ether oxygens (including phenoxy) is 3. The summed E-state index contributed by atoms with van der Waals surface area (Å²) in [5.41, 5.74) is 0.900. The SMILES string of the molecule is C=C(OC(C)(C)C)N1CCN(CCCc2cc(C(=O)OCC)nc(C(=O)OCC)c2)CC1. The molecule has 0 amide bonds. The smallest absolute Gasteiger partial charge is 0.356 e. The molecule has 0 aliphatic carbocycles. The summed E-state index contributed by atoms with van der Waals surface area (Å²) in [6.07, 6.45) is 1.62. The van der Waals surface area contributed by atoms with E-state index in [0.717, 1.165) is 57.0 Å². The monoisotopic (exact) mass is 447 g/mol. The van der Waals surface area contributed by atoms with Crippen molar-refractivity contribution >= 4 is 11.9 Å². The predicted molar refractivity (Wildman–Crippen MR) is 122 cm³/mol. The second-order valence-electron chi connectivity index (χ2n) is 8.73. The van der Waals surface area contributed by atoms with E-state index in [-0.39, 0.29) is 30.2 Å². The lowest BCUT2D eigenvalue weighted by Gasteiger charge is -2.38. The zero-order chi connectivity index (χ0) is 23.7. The van der Waals surface area contributed by atoms with Crippen molar-refractivity contribution in [3.63, 3.8) is 0 Å². The maximum Gasteiger partial charge on any atom is 0.356 e. The number of hydrogen-bond donors (Lipinski definition) is 0. The van der Waals surface area contributed by atoms with E-state index in [2.05, 4.69) is 21.4 Å². The highest BCUT2D eigenvalue weighted by Gasteiger charge is 2.22. The second-order valence-corrected chi connectivity index (χ2v) is 8.73. The van der Waals surface area contributed by atoms with Gasteiger partial charge < -0.3 is 19.1 Å². The van der Waals surface area contributed by atoms with Crippen LogP contribution in [0, 0.1) is 0 Å². The molecule has 8 heteroatoms. The van der Waals surface area contributed by atoms with E-state index in [1.807, 2.05) is 20.8 Å². The van der Waals surface area contributed by atoms with E-state index in [0.29, 0.717) is 0 Å². The number of hydrogen-bond acceptors (Lipinski definition) is 8. The first kappa shape index (κ1) is 25.6. The van der Waals surface area contributed by atoms with Crippen molar-refractivity contribution in [3.8, 4) is 0 Å². The molecule has 0 unspecified atom stereocenters. The Morgan fingerprint density at radius 3 is 2.00 bits per heavy atom. The van der Waals surface area contributed by atoms with Crippen LogP contribution in [-0.2, 0) is 20.6 Å². The van der Waals surface area contributed by atoms with Crippen LogP contribution in [0.25, 0.3) is 0 Å². The molecule has 178 valence electrons. The van der Waals surface area contributed by atoms with Crippen LogP contribution in [0.4, 0.5) is 0 Å². The van der Waals surface area contributed by atoms with E-state index in [1.165, 1.54) is 0 Å². The molecular formula is C24H37N3O5. The lowest BCUT2D eigenvalue weighted by atomic mass is 10.1. The Bertz CT molecular complexity index is 759. The van der Waals surface area contributed by atoms with Crippen molar-refractivity contribution in [1.82, 2.24) is 14.8 Å². The molecule has 0 radical (unpaired) electrons. The topological polar surface area (TPSA) is 81.2 Å². The number of aryl methyl sites for hydroxylation is 1. The van der Waals surface area contributed by atoms with Gasteiger partial charge in [0, 0.05) is 26.2 Å². The van der Waals surface area contributed by atoms with Gasteiger partial charge in [-0.25, -0.2) is 14.6 Å². The molecule has 0 N–H and O–H groups in total. The second kappa shape index (κ2) is 11.9. The normalized spacial score (nSPS) is 14.7. The number of carbonyl (C=O) groups is 2. The van der Waals surface area contributed by atoms with E-state index < -0.39 is 11.9 Å². The summed E-state index contributed by atoms with van der Waals surface area (Å²) in [5.74, 6) is -0.339. The Morgan fingerprint density at radius 1 is 1.00 bits per heavy atom. The number of rotatable bonds is 10. The largest absolute Gasteiger partial charge is 0.474 e.